The molecule has 1 N–H and O–H groups in total. The molecule has 3 nitrogen and oxygen atoms in total. The predicted octanol–water partition coefficient (Wildman–Crippen LogP) is 2.66. The zero-order valence-corrected chi connectivity index (χ0v) is 10.6. The van der Waals surface area contributed by atoms with Crippen LogP contribution >= 0.6 is 0 Å². The molecule has 0 fully saturated rings. The first-order valence-electron chi connectivity index (χ1n) is 5.83. The van der Waals surface area contributed by atoms with Gasteiger partial charge in [0, 0.05) is 29.2 Å². The molecule has 0 saturated carbocycles. The molecule has 0 saturated heterocycles. The Morgan fingerprint density at radius 1 is 1.20 bits per heavy atom. The largest absolute Gasteiger partial charge is 0.416 e. The minimum Gasteiger partial charge on any atom is -0.391 e. The fourth-order valence-electron chi connectivity index (χ4n) is 1.88. The van der Waals surface area contributed by atoms with Crippen LogP contribution in [0.5, 0.6) is 0 Å². The molecule has 1 aromatic heterocycles. The third-order valence-electron chi connectivity index (χ3n) is 2.96. The zero-order chi connectivity index (χ0) is 14.9. The molecule has 20 heavy (non-hydrogen) atoms. The maximum absolute atomic E-state index is 12.5. The number of halogens is 3. The average Bonchev–Trinajstić information content (AvgIpc) is 2.38. The van der Waals surface area contributed by atoms with Gasteiger partial charge in [0.05, 0.1) is 12.2 Å². The second-order valence-electron chi connectivity index (χ2n) is 4.38. The number of aryl methyl sites for hydroxylation is 1. The quantitative estimate of drug-likeness (QED) is 0.920. The predicted molar refractivity (Wildman–Crippen MR) is 67.7 cm³/mol. The summed E-state index contributed by atoms with van der Waals surface area (Å²) in [4.78, 5) is 11.5. The Kier molecular flexibility index (Phi) is 3.67. The molecule has 0 bridgehead atoms. The molecule has 0 aliphatic heterocycles. The summed E-state index contributed by atoms with van der Waals surface area (Å²) >= 11 is 0. The van der Waals surface area contributed by atoms with Gasteiger partial charge in [0.2, 0.25) is 0 Å². The average molecular weight is 283 g/mol. The van der Waals surface area contributed by atoms with Gasteiger partial charge in [-0.3, -0.25) is 4.79 Å². The highest BCUT2D eigenvalue weighted by Gasteiger charge is 2.30. The van der Waals surface area contributed by atoms with Crippen molar-refractivity contribution in [3.05, 3.63) is 63.6 Å². The number of hydrogen-bond donors (Lipinski definition) is 1. The van der Waals surface area contributed by atoms with Crippen LogP contribution in [-0.4, -0.2) is 9.67 Å². The van der Waals surface area contributed by atoms with Crippen LogP contribution in [0.4, 0.5) is 13.2 Å². The van der Waals surface area contributed by atoms with Crippen LogP contribution in [0.3, 0.4) is 0 Å². The van der Waals surface area contributed by atoms with E-state index in [-0.39, 0.29) is 11.0 Å². The van der Waals surface area contributed by atoms with E-state index in [0.29, 0.717) is 11.4 Å². The van der Waals surface area contributed by atoms with Gasteiger partial charge in [-0.2, -0.15) is 13.2 Å². The number of nitrogens with zero attached hydrogens (tertiary/aromatic N) is 1. The zero-order valence-electron chi connectivity index (χ0n) is 10.6. The molecule has 0 amide bonds. The van der Waals surface area contributed by atoms with Gasteiger partial charge >= 0.3 is 6.18 Å². The maximum atomic E-state index is 12.5. The monoisotopic (exact) mass is 283 g/mol. The Labute approximate surface area is 112 Å². The van der Waals surface area contributed by atoms with Crippen LogP contribution in [0.15, 0.2) is 41.3 Å². The van der Waals surface area contributed by atoms with E-state index in [9.17, 15) is 18.0 Å². The lowest BCUT2D eigenvalue weighted by molar-refractivity contribution is -0.137. The first-order chi connectivity index (χ1) is 9.32. The summed E-state index contributed by atoms with van der Waals surface area (Å²) in [5.74, 6) is 0. The molecule has 1 aromatic carbocycles. The summed E-state index contributed by atoms with van der Waals surface area (Å²) in [6.45, 7) is 1.25. The maximum Gasteiger partial charge on any atom is 0.416 e. The first kappa shape index (κ1) is 14.3. The molecule has 2 aromatic rings. The van der Waals surface area contributed by atoms with Crippen LogP contribution in [0, 0.1) is 6.92 Å². The lowest BCUT2D eigenvalue weighted by Gasteiger charge is -2.13. The lowest BCUT2D eigenvalue weighted by atomic mass is 10.1. The summed E-state index contributed by atoms with van der Waals surface area (Å²) in [7, 11) is 0. The van der Waals surface area contributed by atoms with Crippen molar-refractivity contribution in [1.82, 2.24) is 4.57 Å². The van der Waals surface area contributed by atoms with Crippen LogP contribution < -0.4 is 5.43 Å². The smallest absolute Gasteiger partial charge is 0.391 e. The number of alkyl halides is 3. The molecule has 0 spiro atoms. The van der Waals surface area contributed by atoms with Gasteiger partial charge in [-0.05, 0) is 31.2 Å². The van der Waals surface area contributed by atoms with Crippen molar-refractivity contribution in [2.24, 2.45) is 0 Å². The SMILES string of the molecule is Cc1cc(=O)c(CO)cn1-c1ccc(C(F)(F)F)cc1. The molecule has 1 heterocycles. The van der Waals surface area contributed by atoms with Crippen LogP contribution in [0.1, 0.15) is 16.8 Å². The Morgan fingerprint density at radius 2 is 1.80 bits per heavy atom. The lowest BCUT2D eigenvalue weighted by Crippen LogP contribution is -2.14. The van der Waals surface area contributed by atoms with Gasteiger partial charge in [-0.25, -0.2) is 0 Å². The van der Waals surface area contributed by atoms with Crippen molar-refractivity contribution in [3.8, 4) is 5.69 Å². The number of benzene rings is 1. The summed E-state index contributed by atoms with van der Waals surface area (Å²) in [6, 6.07) is 5.93. The minimum absolute atomic E-state index is 0.190. The number of aromatic nitrogens is 1. The molecule has 0 aliphatic carbocycles. The van der Waals surface area contributed by atoms with E-state index in [0.717, 1.165) is 12.1 Å². The number of hydrogen-bond acceptors (Lipinski definition) is 2. The first-order valence-corrected chi connectivity index (χ1v) is 5.83. The normalized spacial score (nSPS) is 11.7. The van der Waals surface area contributed by atoms with E-state index < -0.39 is 18.3 Å². The molecular weight excluding hydrogens is 271 g/mol. The van der Waals surface area contributed by atoms with E-state index in [1.165, 1.54) is 24.4 Å². The highest BCUT2D eigenvalue weighted by Crippen LogP contribution is 2.29. The topological polar surface area (TPSA) is 42.2 Å². The standard InChI is InChI=1S/C14H12F3NO2/c1-9-6-13(20)10(8-19)7-18(9)12-4-2-11(3-5-12)14(15,16)17/h2-7,19H,8H2,1H3. The van der Waals surface area contributed by atoms with Gasteiger partial charge in [0.1, 0.15) is 0 Å². The summed E-state index contributed by atoms with van der Waals surface area (Å²) in [5.41, 5.74) is 0.225. The van der Waals surface area contributed by atoms with Crippen molar-refractivity contribution < 1.29 is 18.3 Å². The van der Waals surface area contributed by atoms with E-state index >= 15 is 0 Å². The number of aliphatic hydroxyl groups is 1. The second-order valence-corrected chi connectivity index (χ2v) is 4.38. The minimum atomic E-state index is -4.38. The van der Waals surface area contributed by atoms with Crippen molar-refractivity contribution in [1.29, 1.82) is 0 Å². The van der Waals surface area contributed by atoms with E-state index in [1.54, 1.807) is 11.5 Å². The van der Waals surface area contributed by atoms with Crippen molar-refractivity contribution in [3.63, 3.8) is 0 Å². The molecule has 2 rings (SSSR count). The molecule has 106 valence electrons. The molecular formula is C14H12F3NO2. The Hall–Kier alpha value is -2.08. The molecule has 0 unspecified atom stereocenters. The van der Waals surface area contributed by atoms with E-state index in [2.05, 4.69) is 0 Å². The second kappa shape index (κ2) is 5.13. The van der Waals surface area contributed by atoms with Gasteiger partial charge < -0.3 is 9.67 Å². The number of aliphatic hydroxyl groups excluding tert-OH is 1. The molecule has 6 heteroatoms. The highest BCUT2D eigenvalue weighted by molar-refractivity contribution is 5.38. The van der Waals surface area contributed by atoms with Gasteiger partial charge in [-0.1, -0.05) is 0 Å². The number of rotatable bonds is 2. The van der Waals surface area contributed by atoms with E-state index in [4.69, 9.17) is 5.11 Å². The van der Waals surface area contributed by atoms with Crippen molar-refractivity contribution in [2.45, 2.75) is 19.7 Å². The van der Waals surface area contributed by atoms with Crippen molar-refractivity contribution >= 4 is 0 Å². The van der Waals surface area contributed by atoms with Gasteiger partial charge in [0.25, 0.3) is 0 Å². The third kappa shape index (κ3) is 2.75. The number of pyridine rings is 1. The van der Waals surface area contributed by atoms with Gasteiger partial charge in [0.15, 0.2) is 5.43 Å². The Bertz CT molecular complexity index is 672. The fraction of sp³-hybridized carbons (Fsp3) is 0.214. The highest BCUT2D eigenvalue weighted by atomic mass is 19.4. The van der Waals surface area contributed by atoms with E-state index in [1.807, 2.05) is 0 Å². The van der Waals surface area contributed by atoms with Crippen molar-refractivity contribution in [2.75, 3.05) is 0 Å². The third-order valence-corrected chi connectivity index (χ3v) is 2.96. The van der Waals surface area contributed by atoms with Crippen LogP contribution in [0.25, 0.3) is 5.69 Å². The summed E-state index contributed by atoms with van der Waals surface area (Å²) in [6.07, 6.45) is -2.95. The molecule has 0 aliphatic rings. The summed E-state index contributed by atoms with van der Waals surface area (Å²) < 4.78 is 39.0. The van der Waals surface area contributed by atoms with Crippen LogP contribution in [-0.2, 0) is 12.8 Å². The molecule has 0 atom stereocenters. The van der Waals surface area contributed by atoms with Crippen LogP contribution in [0.2, 0.25) is 0 Å². The molecule has 0 radical (unpaired) electrons. The Balaban J connectivity index is 2.49. The summed E-state index contributed by atoms with van der Waals surface area (Å²) in [5, 5.41) is 9.07. The van der Waals surface area contributed by atoms with Gasteiger partial charge in [-0.15, -0.1) is 0 Å². The Morgan fingerprint density at radius 3 is 2.30 bits per heavy atom. The fourth-order valence-corrected chi connectivity index (χ4v) is 1.88.